The smallest absolute Gasteiger partial charge is 0.140 e. The molecule has 2 rings (SSSR count). The summed E-state index contributed by atoms with van der Waals surface area (Å²) in [6, 6.07) is 3.92. The van der Waals surface area contributed by atoms with Crippen LogP contribution in [0.15, 0.2) is 35.3 Å². The van der Waals surface area contributed by atoms with E-state index in [9.17, 15) is 0 Å². The highest BCUT2D eigenvalue weighted by atomic mass is 79.9. The maximum atomic E-state index is 4.35. The predicted octanol–water partition coefficient (Wildman–Crippen LogP) is 2.73. The van der Waals surface area contributed by atoms with Crippen LogP contribution in [0.3, 0.4) is 0 Å². The molecular weight excluding hydrogens is 242 g/mol. The zero-order valence-corrected chi connectivity index (χ0v) is 9.40. The monoisotopic (exact) mass is 251 g/mol. The fourth-order valence-corrected chi connectivity index (χ4v) is 1.91. The lowest BCUT2D eigenvalue weighted by Crippen LogP contribution is -1.97. The van der Waals surface area contributed by atoms with Gasteiger partial charge in [0.05, 0.1) is 6.20 Å². The Balaban J connectivity index is 2.52. The number of halogens is 1. The van der Waals surface area contributed by atoms with Crippen molar-refractivity contribution in [3.8, 4) is 11.4 Å². The van der Waals surface area contributed by atoms with Gasteiger partial charge in [0.25, 0.3) is 0 Å². The largest absolute Gasteiger partial charge is 0.319 e. The SMILES string of the molecule is CCn1c(Br)cnc1-c1ccncc1. The maximum absolute atomic E-state index is 4.35. The van der Waals surface area contributed by atoms with Crippen LogP contribution in [0.4, 0.5) is 0 Å². The van der Waals surface area contributed by atoms with E-state index in [0.717, 1.165) is 22.5 Å². The fraction of sp³-hybridized carbons (Fsp3) is 0.200. The number of rotatable bonds is 2. The lowest BCUT2D eigenvalue weighted by molar-refractivity contribution is 0.754. The Kier molecular flexibility index (Phi) is 2.63. The Morgan fingerprint density at radius 1 is 1.36 bits per heavy atom. The van der Waals surface area contributed by atoms with Crippen LogP contribution >= 0.6 is 15.9 Å². The molecule has 2 aromatic rings. The Hall–Kier alpha value is -1.16. The van der Waals surface area contributed by atoms with E-state index in [4.69, 9.17) is 0 Å². The van der Waals surface area contributed by atoms with E-state index in [1.165, 1.54) is 0 Å². The van der Waals surface area contributed by atoms with Crippen LogP contribution in [-0.2, 0) is 6.54 Å². The van der Waals surface area contributed by atoms with Crippen molar-refractivity contribution in [1.82, 2.24) is 14.5 Å². The number of hydrogen-bond donors (Lipinski definition) is 0. The molecule has 14 heavy (non-hydrogen) atoms. The van der Waals surface area contributed by atoms with Crippen molar-refractivity contribution in [3.05, 3.63) is 35.3 Å². The Labute approximate surface area is 90.9 Å². The first-order valence-electron chi connectivity index (χ1n) is 4.44. The minimum atomic E-state index is 0.901. The average molecular weight is 252 g/mol. The molecule has 0 spiro atoms. The van der Waals surface area contributed by atoms with Gasteiger partial charge in [0.2, 0.25) is 0 Å². The Bertz CT molecular complexity index is 422. The molecule has 0 N–H and O–H groups in total. The van der Waals surface area contributed by atoms with Crippen molar-refractivity contribution in [1.29, 1.82) is 0 Å². The third kappa shape index (κ3) is 1.57. The molecule has 0 aromatic carbocycles. The number of aromatic nitrogens is 3. The zero-order valence-electron chi connectivity index (χ0n) is 7.81. The third-order valence-corrected chi connectivity index (χ3v) is 2.69. The summed E-state index contributed by atoms with van der Waals surface area (Å²) in [5.74, 6) is 0.974. The van der Waals surface area contributed by atoms with E-state index in [0.29, 0.717) is 0 Å². The third-order valence-electron chi connectivity index (χ3n) is 2.06. The Morgan fingerprint density at radius 3 is 2.71 bits per heavy atom. The molecular formula is C10H10BrN3. The highest BCUT2D eigenvalue weighted by molar-refractivity contribution is 9.10. The van der Waals surface area contributed by atoms with E-state index in [-0.39, 0.29) is 0 Å². The quantitative estimate of drug-likeness (QED) is 0.822. The molecule has 0 saturated heterocycles. The fourth-order valence-electron chi connectivity index (χ4n) is 1.39. The number of hydrogen-bond acceptors (Lipinski definition) is 2. The molecule has 0 unspecified atom stereocenters. The van der Waals surface area contributed by atoms with Gasteiger partial charge in [-0.2, -0.15) is 0 Å². The van der Waals surface area contributed by atoms with Crippen LogP contribution in [0.5, 0.6) is 0 Å². The summed E-state index contributed by atoms with van der Waals surface area (Å²) in [6.45, 7) is 3.00. The molecule has 4 heteroatoms. The molecule has 0 amide bonds. The van der Waals surface area contributed by atoms with Crippen LogP contribution in [0.2, 0.25) is 0 Å². The Morgan fingerprint density at radius 2 is 2.07 bits per heavy atom. The van der Waals surface area contributed by atoms with Gasteiger partial charge in [-0.05, 0) is 35.0 Å². The van der Waals surface area contributed by atoms with Crippen LogP contribution in [-0.4, -0.2) is 14.5 Å². The van der Waals surface area contributed by atoms with E-state index in [1.807, 2.05) is 18.3 Å². The summed E-state index contributed by atoms with van der Waals surface area (Å²) in [4.78, 5) is 8.33. The zero-order chi connectivity index (χ0) is 9.97. The van der Waals surface area contributed by atoms with Crippen LogP contribution in [0.1, 0.15) is 6.92 Å². The molecule has 2 aromatic heterocycles. The molecule has 0 saturated carbocycles. The van der Waals surface area contributed by atoms with E-state index >= 15 is 0 Å². The topological polar surface area (TPSA) is 30.7 Å². The second-order valence-electron chi connectivity index (χ2n) is 2.88. The minimum absolute atomic E-state index is 0.901. The molecule has 2 heterocycles. The first-order valence-corrected chi connectivity index (χ1v) is 5.23. The van der Waals surface area contributed by atoms with Gasteiger partial charge in [-0.1, -0.05) is 0 Å². The van der Waals surface area contributed by atoms with Gasteiger partial charge in [-0.3, -0.25) is 4.98 Å². The predicted molar refractivity (Wildman–Crippen MR) is 58.8 cm³/mol. The lowest BCUT2D eigenvalue weighted by Gasteiger charge is -2.05. The van der Waals surface area contributed by atoms with E-state index in [1.54, 1.807) is 12.4 Å². The number of nitrogens with zero attached hydrogens (tertiary/aromatic N) is 3. The van der Waals surface area contributed by atoms with Crippen LogP contribution < -0.4 is 0 Å². The summed E-state index contributed by atoms with van der Waals surface area (Å²) in [6.07, 6.45) is 5.37. The summed E-state index contributed by atoms with van der Waals surface area (Å²) < 4.78 is 3.11. The van der Waals surface area contributed by atoms with Crippen molar-refractivity contribution in [2.75, 3.05) is 0 Å². The van der Waals surface area contributed by atoms with Gasteiger partial charge < -0.3 is 4.57 Å². The second-order valence-corrected chi connectivity index (χ2v) is 3.70. The van der Waals surface area contributed by atoms with Crippen molar-refractivity contribution >= 4 is 15.9 Å². The number of pyridine rings is 1. The second kappa shape index (κ2) is 3.92. The van der Waals surface area contributed by atoms with Crippen LogP contribution in [0.25, 0.3) is 11.4 Å². The molecule has 0 aliphatic carbocycles. The molecule has 3 nitrogen and oxygen atoms in total. The van der Waals surface area contributed by atoms with Gasteiger partial charge in [0.15, 0.2) is 0 Å². The minimum Gasteiger partial charge on any atom is -0.319 e. The van der Waals surface area contributed by atoms with E-state index in [2.05, 4.69) is 37.4 Å². The molecule has 0 fully saturated rings. The lowest BCUT2D eigenvalue weighted by atomic mass is 10.2. The number of imidazole rings is 1. The van der Waals surface area contributed by atoms with Crippen molar-refractivity contribution in [2.45, 2.75) is 13.5 Å². The first-order chi connectivity index (χ1) is 6.83. The van der Waals surface area contributed by atoms with Crippen molar-refractivity contribution in [2.24, 2.45) is 0 Å². The molecule has 0 radical (unpaired) electrons. The highest BCUT2D eigenvalue weighted by Crippen LogP contribution is 2.21. The molecule has 0 aliphatic heterocycles. The van der Waals surface area contributed by atoms with E-state index < -0.39 is 0 Å². The first kappa shape index (κ1) is 9.40. The van der Waals surface area contributed by atoms with Gasteiger partial charge in [0, 0.05) is 24.5 Å². The van der Waals surface area contributed by atoms with Crippen molar-refractivity contribution in [3.63, 3.8) is 0 Å². The van der Waals surface area contributed by atoms with Gasteiger partial charge in [-0.15, -0.1) is 0 Å². The highest BCUT2D eigenvalue weighted by Gasteiger charge is 2.07. The van der Waals surface area contributed by atoms with Gasteiger partial charge in [0.1, 0.15) is 10.4 Å². The van der Waals surface area contributed by atoms with Gasteiger partial charge >= 0.3 is 0 Å². The maximum Gasteiger partial charge on any atom is 0.140 e. The summed E-state index contributed by atoms with van der Waals surface area (Å²) in [5.41, 5.74) is 1.09. The normalized spacial score (nSPS) is 10.4. The molecule has 72 valence electrons. The average Bonchev–Trinajstić information content (AvgIpc) is 2.61. The molecule has 0 aliphatic rings. The van der Waals surface area contributed by atoms with Crippen LogP contribution in [0, 0.1) is 0 Å². The summed E-state index contributed by atoms with van der Waals surface area (Å²) >= 11 is 3.46. The summed E-state index contributed by atoms with van der Waals surface area (Å²) in [7, 11) is 0. The van der Waals surface area contributed by atoms with Crippen molar-refractivity contribution < 1.29 is 0 Å². The molecule has 0 bridgehead atoms. The summed E-state index contributed by atoms with van der Waals surface area (Å²) in [5, 5.41) is 0. The standard InChI is InChI=1S/C10H10BrN3/c1-2-14-9(11)7-13-10(14)8-3-5-12-6-4-8/h3-7H,2H2,1H3. The molecule has 0 atom stereocenters. The van der Waals surface area contributed by atoms with Gasteiger partial charge in [-0.25, -0.2) is 4.98 Å².